The van der Waals surface area contributed by atoms with Gasteiger partial charge in [0.25, 0.3) is 0 Å². The van der Waals surface area contributed by atoms with E-state index in [1.165, 1.54) is 0 Å². The van der Waals surface area contributed by atoms with E-state index in [1.807, 2.05) is 0 Å². The first-order valence-corrected chi connectivity index (χ1v) is 3.00. The first kappa shape index (κ1) is 6.23. The molecule has 0 aromatic carbocycles. The summed E-state index contributed by atoms with van der Waals surface area (Å²) < 4.78 is 0. The summed E-state index contributed by atoms with van der Waals surface area (Å²) in [4.78, 5) is 36.7. The molecule has 0 saturated carbocycles. The summed E-state index contributed by atoms with van der Waals surface area (Å²) in [6.45, 7) is 0. The fraction of sp³-hybridized carbons (Fsp3) is 0. The molecule has 5 nitrogen and oxygen atoms in total. The van der Waals surface area contributed by atoms with Gasteiger partial charge in [-0.15, -0.1) is 0 Å². The Hall–Kier alpha value is 0.230. The summed E-state index contributed by atoms with van der Waals surface area (Å²) in [6, 6.07) is 0. The average Bonchev–Trinajstić information content (AvgIpc) is 0.650. The molecule has 0 aromatic rings. The fourth-order valence-electron chi connectivity index (χ4n) is 0. The van der Waals surface area contributed by atoms with Crippen molar-refractivity contribution >= 4 is 7.74 Å². The molecule has 0 aromatic heterocycles. The summed E-state index contributed by atoms with van der Waals surface area (Å²) in [5.74, 6) is 0. The predicted octanol–water partition coefficient (Wildman–Crippen LogP) is -1.92. The average molecular weight is 116 g/mol. The fourth-order valence-corrected chi connectivity index (χ4v) is 0. The van der Waals surface area contributed by atoms with Crippen LogP contribution < -0.4 is 0 Å². The zero-order chi connectivity index (χ0) is 5.45. The Morgan fingerprint density at radius 1 is 0.667 bits per heavy atom. The quantitative estimate of drug-likeness (QED) is 0.237. The van der Waals surface area contributed by atoms with Crippen molar-refractivity contribution in [2.24, 2.45) is 0 Å². The van der Waals surface area contributed by atoms with Crippen molar-refractivity contribution in [1.82, 2.24) is 0 Å². The van der Waals surface area contributed by atoms with Crippen molar-refractivity contribution in [2.75, 3.05) is 0 Å². The molecule has 0 aliphatic carbocycles. The molecule has 0 atom stereocenters. The van der Waals surface area contributed by atoms with Crippen molar-refractivity contribution in [2.45, 2.75) is 0 Å². The maximum absolute atomic E-state index is 7.34. The molecule has 0 saturated heterocycles. The van der Waals surface area contributed by atoms with Gasteiger partial charge < -0.3 is 0 Å². The van der Waals surface area contributed by atoms with E-state index < -0.39 is 7.74 Å². The number of hydrogen-bond acceptors (Lipinski definition) is 5. The molecule has 0 spiro atoms. The molecule has 40 valence electrons. The van der Waals surface area contributed by atoms with E-state index in [0.717, 1.165) is 0 Å². The van der Waals surface area contributed by atoms with Crippen LogP contribution in [0.4, 0.5) is 0 Å². The Morgan fingerprint density at radius 3 is 0.667 bits per heavy atom. The van der Waals surface area contributed by atoms with Crippen LogP contribution >= 0.6 is 7.74 Å². The maximum atomic E-state index is 7.34. The minimum atomic E-state index is -6.05. The van der Waals surface area contributed by atoms with Gasteiger partial charge in [0, 0.05) is 0 Å². The SMILES string of the molecule is OP(O)(O)(O)O. The van der Waals surface area contributed by atoms with Crippen LogP contribution in [-0.2, 0) is 0 Å². The van der Waals surface area contributed by atoms with E-state index in [0.29, 0.717) is 0 Å². The topological polar surface area (TPSA) is 101 Å². The Bertz CT molecular complexity index is 37.1. The third-order valence-corrected chi connectivity index (χ3v) is 0. The van der Waals surface area contributed by atoms with E-state index in [-0.39, 0.29) is 0 Å². The zero-order valence-electron chi connectivity index (χ0n) is 2.68. The Morgan fingerprint density at radius 2 is 0.667 bits per heavy atom. The van der Waals surface area contributed by atoms with Crippen molar-refractivity contribution in [3.8, 4) is 0 Å². The first-order chi connectivity index (χ1) is 2.24. The molecule has 6 heavy (non-hydrogen) atoms. The molecule has 5 N–H and O–H groups in total. The molecule has 0 rings (SSSR count). The van der Waals surface area contributed by atoms with Crippen LogP contribution in [0.5, 0.6) is 0 Å². The van der Waals surface area contributed by atoms with E-state index in [4.69, 9.17) is 24.5 Å². The van der Waals surface area contributed by atoms with Crippen LogP contribution in [0.3, 0.4) is 0 Å². The van der Waals surface area contributed by atoms with Gasteiger partial charge in [0.15, 0.2) is 0 Å². The molecule has 0 bridgehead atoms. The Balaban J connectivity index is 3.73. The van der Waals surface area contributed by atoms with Gasteiger partial charge in [0.1, 0.15) is 0 Å². The molecular formula is H5O5P. The van der Waals surface area contributed by atoms with Crippen LogP contribution in [0.1, 0.15) is 0 Å². The summed E-state index contributed by atoms with van der Waals surface area (Å²) in [7, 11) is -6.05. The Kier molecular flexibility index (Phi) is 0.928. The van der Waals surface area contributed by atoms with Crippen LogP contribution in [-0.4, -0.2) is 24.5 Å². The molecule has 0 fully saturated rings. The van der Waals surface area contributed by atoms with Gasteiger partial charge in [-0.3, -0.25) is 0 Å². The van der Waals surface area contributed by atoms with Gasteiger partial charge in [0.2, 0.25) is 0 Å². The van der Waals surface area contributed by atoms with E-state index in [9.17, 15) is 0 Å². The van der Waals surface area contributed by atoms with Crippen molar-refractivity contribution < 1.29 is 24.5 Å². The molecule has 0 amide bonds. The second kappa shape index (κ2) is 0.894. The molecule has 0 radical (unpaired) electrons. The molecule has 0 aliphatic heterocycles. The molecule has 0 heterocycles. The van der Waals surface area contributed by atoms with Crippen molar-refractivity contribution in [1.29, 1.82) is 0 Å². The van der Waals surface area contributed by atoms with Gasteiger partial charge in [-0.2, -0.15) is 0 Å². The number of rotatable bonds is 0. The third-order valence-electron chi connectivity index (χ3n) is 0. The standard InChI is InChI=1S/H5O5P/c1-6(2,3,4)5/h1-5H. The van der Waals surface area contributed by atoms with Crippen LogP contribution in [0.15, 0.2) is 0 Å². The van der Waals surface area contributed by atoms with Gasteiger partial charge >= 0.3 is 32.2 Å². The second-order valence-corrected chi connectivity index (χ2v) is 2.68. The molecular weight excluding hydrogens is 111 g/mol. The number of hydrogen-bond donors (Lipinski definition) is 5. The molecule has 0 unspecified atom stereocenters. The van der Waals surface area contributed by atoms with Crippen LogP contribution in [0.2, 0.25) is 0 Å². The van der Waals surface area contributed by atoms with Gasteiger partial charge in [-0.05, 0) is 0 Å². The van der Waals surface area contributed by atoms with Gasteiger partial charge in [0.05, 0.1) is 0 Å². The van der Waals surface area contributed by atoms with Gasteiger partial charge in [-0.25, -0.2) is 0 Å². The monoisotopic (exact) mass is 116 g/mol. The predicted molar refractivity (Wildman–Crippen MR) is 18.0 cm³/mol. The normalized spacial score (nSPS) is 19.2. The van der Waals surface area contributed by atoms with Crippen LogP contribution in [0.25, 0.3) is 0 Å². The summed E-state index contributed by atoms with van der Waals surface area (Å²) in [5.41, 5.74) is 0. The second-order valence-electron chi connectivity index (χ2n) is 0.894. The Labute approximate surface area is 33.4 Å². The molecule has 6 heteroatoms. The van der Waals surface area contributed by atoms with Crippen molar-refractivity contribution in [3.63, 3.8) is 0 Å². The summed E-state index contributed by atoms with van der Waals surface area (Å²) >= 11 is 0. The summed E-state index contributed by atoms with van der Waals surface area (Å²) in [5, 5.41) is 0. The minimum absolute atomic E-state index is 6.05. The first-order valence-electron chi connectivity index (χ1n) is 1.000. The van der Waals surface area contributed by atoms with Crippen LogP contribution in [0, 0.1) is 0 Å². The molecule has 0 aliphatic rings. The zero-order valence-corrected chi connectivity index (χ0v) is 3.58. The van der Waals surface area contributed by atoms with Gasteiger partial charge in [-0.1, -0.05) is 0 Å². The summed E-state index contributed by atoms with van der Waals surface area (Å²) in [6.07, 6.45) is 0. The van der Waals surface area contributed by atoms with E-state index in [1.54, 1.807) is 0 Å². The van der Waals surface area contributed by atoms with E-state index >= 15 is 0 Å². The third kappa shape index (κ3) is 834. The van der Waals surface area contributed by atoms with Crippen molar-refractivity contribution in [3.05, 3.63) is 0 Å². The van der Waals surface area contributed by atoms with E-state index in [2.05, 4.69) is 0 Å².